The fourth-order valence-electron chi connectivity index (χ4n) is 1.94. The monoisotopic (exact) mass is 255 g/mol. The highest BCUT2D eigenvalue weighted by atomic mass is 16.3. The molecule has 2 N–H and O–H groups in total. The molecule has 2 aromatic rings. The first-order chi connectivity index (χ1) is 9.00. The second-order valence-corrected chi connectivity index (χ2v) is 4.96. The minimum atomic E-state index is -0.499. The molecule has 0 aliphatic heterocycles. The Hall–Kier alpha value is -2.29. The summed E-state index contributed by atoms with van der Waals surface area (Å²) in [6, 6.07) is 16.3. The third-order valence-corrected chi connectivity index (χ3v) is 3.07. The molecule has 3 nitrogen and oxygen atoms in total. The average molecular weight is 255 g/mol. The van der Waals surface area contributed by atoms with E-state index in [-0.39, 0.29) is 17.2 Å². The number of phenolic OH excluding ortho intramolecular Hbond substituents is 1. The van der Waals surface area contributed by atoms with E-state index in [2.05, 4.69) is 5.32 Å². The summed E-state index contributed by atoms with van der Waals surface area (Å²) < 4.78 is 0. The van der Waals surface area contributed by atoms with Crippen LogP contribution in [0.1, 0.15) is 29.8 Å². The number of aromatic hydroxyl groups is 1. The van der Waals surface area contributed by atoms with Crippen LogP contribution in [0.3, 0.4) is 0 Å². The molecule has 1 amide bonds. The molecule has 2 aromatic carbocycles. The lowest BCUT2D eigenvalue weighted by Gasteiger charge is -2.27. The number of nitrogens with one attached hydrogen (secondary N) is 1. The SMILES string of the molecule is CC(C)(NC(=O)c1ccccc1O)c1ccccc1. The summed E-state index contributed by atoms with van der Waals surface area (Å²) in [4.78, 5) is 12.2. The van der Waals surface area contributed by atoms with E-state index in [9.17, 15) is 9.90 Å². The fourth-order valence-corrected chi connectivity index (χ4v) is 1.94. The third-order valence-electron chi connectivity index (χ3n) is 3.07. The Kier molecular flexibility index (Phi) is 3.56. The van der Waals surface area contributed by atoms with Crippen molar-refractivity contribution >= 4 is 5.91 Å². The zero-order chi connectivity index (χ0) is 13.9. The van der Waals surface area contributed by atoms with Gasteiger partial charge in [-0.3, -0.25) is 4.79 Å². The largest absolute Gasteiger partial charge is 0.507 e. The molecule has 0 unspecified atom stereocenters. The van der Waals surface area contributed by atoms with Crippen molar-refractivity contribution in [2.24, 2.45) is 0 Å². The van der Waals surface area contributed by atoms with Crippen LogP contribution in [0.2, 0.25) is 0 Å². The van der Waals surface area contributed by atoms with Crippen LogP contribution >= 0.6 is 0 Å². The van der Waals surface area contributed by atoms with Gasteiger partial charge < -0.3 is 10.4 Å². The van der Waals surface area contributed by atoms with Crippen LogP contribution in [-0.4, -0.2) is 11.0 Å². The molecule has 0 radical (unpaired) electrons. The smallest absolute Gasteiger partial charge is 0.255 e. The number of carbonyl (C=O) groups is 1. The summed E-state index contributed by atoms with van der Waals surface area (Å²) in [5.41, 5.74) is 0.797. The minimum Gasteiger partial charge on any atom is -0.507 e. The average Bonchev–Trinajstić information content (AvgIpc) is 2.39. The Morgan fingerprint density at radius 1 is 1.00 bits per heavy atom. The van der Waals surface area contributed by atoms with Crippen molar-refractivity contribution in [1.29, 1.82) is 0 Å². The first-order valence-electron chi connectivity index (χ1n) is 6.17. The van der Waals surface area contributed by atoms with Crippen LogP contribution in [0.15, 0.2) is 54.6 Å². The topological polar surface area (TPSA) is 49.3 Å². The van der Waals surface area contributed by atoms with E-state index in [4.69, 9.17) is 0 Å². The van der Waals surface area contributed by atoms with Gasteiger partial charge in [-0.15, -0.1) is 0 Å². The molecule has 0 saturated carbocycles. The maximum Gasteiger partial charge on any atom is 0.255 e. The van der Waals surface area contributed by atoms with Gasteiger partial charge in [0.15, 0.2) is 0 Å². The molecule has 0 spiro atoms. The lowest BCUT2D eigenvalue weighted by atomic mass is 9.94. The van der Waals surface area contributed by atoms with E-state index in [0.717, 1.165) is 5.56 Å². The lowest BCUT2D eigenvalue weighted by molar-refractivity contribution is 0.0909. The van der Waals surface area contributed by atoms with E-state index >= 15 is 0 Å². The van der Waals surface area contributed by atoms with E-state index in [1.807, 2.05) is 44.2 Å². The van der Waals surface area contributed by atoms with Gasteiger partial charge in [-0.25, -0.2) is 0 Å². The molecule has 0 aliphatic carbocycles. The standard InChI is InChI=1S/C16H17NO2/c1-16(2,12-8-4-3-5-9-12)17-15(19)13-10-6-7-11-14(13)18/h3-11,18H,1-2H3,(H,17,19). The van der Waals surface area contributed by atoms with Crippen molar-refractivity contribution in [3.05, 3.63) is 65.7 Å². The van der Waals surface area contributed by atoms with Gasteiger partial charge in [-0.2, -0.15) is 0 Å². The molecule has 98 valence electrons. The van der Waals surface area contributed by atoms with Crippen molar-refractivity contribution in [1.82, 2.24) is 5.32 Å². The summed E-state index contributed by atoms with van der Waals surface area (Å²) >= 11 is 0. The van der Waals surface area contributed by atoms with Gasteiger partial charge in [0.1, 0.15) is 5.75 Å². The summed E-state index contributed by atoms with van der Waals surface area (Å²) in [5.74, 6) is -0.296. The number of hydrogen-bond acceptors (Lipinski definition) is 2. The van der Waals surface area contributed by atoms with Crippen molar-refractivity contribution in [2.75, 3.05) is 0 Å². The van der Waals surface area contributed by atoms with Gasteiger partial charge in [-0.05, 0) is 31.5 Å². The van der Waals surface area contributed by atoms with Crippen LogP contribution < -0.4 is 5.32 Å². The van der Waals surface area contributed by atoms with E-state index in [1.54, 1.807) is 18.2 Å². The Morgan fingerprint density at radius 2 is 1.58 bits per heavy atom. The Bertz CT molecular complexity index is 576. The molecule has 0 heterocycles. The summed E-state index contributed by atoms with van der Waals surface area (Å²) in [6.45, 7) is 3.86. The molecular formula is C16H17NO2. The first kappa shape index (κ1) is 13.1. The zero-order valence-corrected chi connectivity index (χ0v) is 11.1. The van der Waals surface area contributed by atoms with Crippen LogP contribution in [0.25, 0.3) is 0 Å². The molecule has 0 aromatic heterocycles. The van der Waals surface area contributed by atoms with Crippen molar-refractivity contribution in [3.8, 4) is 5.75 Å². The minimum absolute atomic E-state index is 0.0103. The Labute approximate surface area is 112 Å². The highest BCUT2D eigenvalue weighted by Gasteiger charge is 2.24. The van der Waals surface area contributed by atoms with Gasteiger partial charge >= 0.3 is 0 Å². The second kappa shape index (κ2) is 5.14. The Balaban J connectivity index is 2.22. The molecule has 0 saturated heterocycles. The molecule has 3 heteroatoms. The molecule has 19 heavy (non-hydrogen) atoms. The van der Waals surface area contributed by atoms with E-state index in [1.165, 1.54) is 6.07 Å². The quantitative estimate of drug-likeness (QED) is 0.885. The van der Waals surface area contributed by atoms with Crippen molar-refractivity contribution < 1.29 is 9.90 Å². The predicted octanol–water partition coefficient (Wildman–Crippen LogP) is 3.06. The molecular weight excluding hydrogens is 238 g/mol. The third kappa shape index (κ3) is 2.94. The summed E-state index contributed by atoms with van der Waals surface area (Å²) in [7, 11) is 0. The molecule has 0 aliphatic rings. The molecule has 2 rings (SSSR count). The van der Waals surface area contributed by atoms with E-state index in [0.29, 0.717) is 0 Å². The first-order valence-corrected chi connectivity index (χ1v) is 6.17. The summed E-state index contributed by atoms with van der Waals surface area (Å²) in [5, 5.41) is 12.6. The highest BCUT2D eigenvalue weighted by Crippen LogP contribution is 2.22. The maximum atomic E-state index is 12.2. The van der Waals surface area contributed by atoms with Crippen LogP contribution in [-0.2, 0) is 5.54 Å². The van der Waals surface area contributed by atoms with Crippen molar-refractivity contribution in [3.63, 3.8) is 0 Å². The Morgan fingerprint density at radius 3 is 2.21 bits per heavy atom. The lowest BCUT2D eigenvalue weighted by Crippen LogP contribution is -2.40. The number of para-hydroxylation sites is 1. The maximum absolute atomic E-state index is 12.2. The number of amides is 1. The highest BCUT2D eigenvalue weighted by molar-refractivity contribution is 5.97. The molecule has 0 fully saturated rings. The normalized spacial score (nSPS) is 11.1. The van der Waals surface area contributed by atoms with Gasteiger partial charge in [0.25, 0.3) is 5.91 Å². The van der Waals surface area contributed by atoms with Crippen LogP contribution in [0.4, 0.5) is 0 Å². The number of phenols is 1. The predicted molar refractivity (Wildman–Crippen MR) is 75.0 cm³/mol. The van der Waals surface area contributed by atoms with Gasteiger partial charge in [0, 0.05) is 0 Å². The van der Waals surface area contributed by atoms with Crippen molar-refractivity contribution in [2.45, 2.75) is 19.4 Å². The second-order valence-electron chi connectivity index (χ2n) is 4.96. The van der Waals surface area contributed by atoms with Crippen LogP contribution in [0.5, 0.6) is 5.75 Å². The van der Waals surface area contributed by atoms with Crippen LogP contribution in [0, 0.1) is 0 Å². The summed E-state index contributed by atoms with van der Waals surface area (Å²) in [6.07, 6.45) is 0. The van der Waals surface area contributed by atoms with E-state index < -0.39 is 5.54 Å². The molecule has 0 bridgehead atoms. The number of benzene rings is 2. The number of carbonyl (C=O) groups excluding carboxylic acids is 1. The zero-order valence-electron chi connectivity index (χ0n) is 11.1. The van der Waals surface area contributed by atoms with Gasteiger partial charge in [0.2, 0.25) is 0 Å². The fraction of sp³-hybridized carbons (Fsp3) is 0.188. The van der Waals surface area contributed by atoms with Gasteiger partial charge in [0.05, 0.1) is 11.1 Å². The molecule has 0 atom stereocenters. The van der Waals surface area contributed by atoms with Gasteiger partial charge in [-0.1, -0.05) is 42.5 Å². The number of hydrogen-bond donors (Lipinski definition) is 2. The number of rotatable bonds is 3.